The fraction of sp³-hybridized carbons (Fsp3) is 0.304. The molecule has 0 aromatic heterocycles. The molecule has 2 heterocycles. The van der Waals surface area contributed by atoms with Crippen molar-refractivity contribution in [2.45, 2.75) is 38.6 Å². The Bertz CT molecular complexity index is 1080. The maximum absolute atomic E-state index is 12.5. The molecule has 2 aromatic carbocycles. The van der Waals surface area contributed by atoms with Crippen molar-refractivity contribution in [3.05, 3.63) is 61.9 Å². The van der Waals surface area contributed by atoms with Crippen LogP contribution in [-0.4, -0.2) is 23.7 Å². The third kappa shape index (κ3) is 4.18. The molecule has 1 saturated heterocycles. The van der Waals surface area contributed by atoms with E-state index in [0.29, 0.717) is 21.0 Å². The van der Waals surface area contributed by atoms with E-state index in [9.17, 15) is 4.79 Å². The second-order valence-corrected chi connectivity index (χ2v) is 10.7. The molecule has 1 N–H and O–H groups in total. The summed E-state index contributed by atoms with van der Waals surface area (Å²) >= 11 is 11.4. The van der Waals surface area contributed by atoms with Gasteiger partial charge in [-0.3, -0.25) is 4.79 Å². The quantitative estimate of drug-likeness (QED) is 0.462. The van der Waals surface area contributed by atoms with E-state index >= 15 is 0 Å². The van der Waals surface area contributed by atoms with Crippen LogP contribution in [0.1, 0.15) is 44.2 Å². The van der Waals surface area contributed by atoms with E-state index in [1.165, 1.54) is 17.3 Å². The summed E-state index contributed by atoms with van der Waals surface area (Å²) in [5.74, 6) is 0.260. The van der Waals surface area contributed by atoms with E-state index < -0.39 is 0 Å². The molecule has 0 bridgehead atoms. The molecule has 0 radical (unpaired) electrons. The molecule has 7 heteroatoms. The Balaban J connectivity index is 1.64. The Hall–Kier alpha value is -1.76. The molecule has 4 rings (SSSR count). The van der Waals surface area contributed by atoms with Gasteiger partial charge in [-0.15, -0.1) is 0 Å². The molecule has 2 aromatic rings. The van der Waals surface area contributed by atoms with Crippen LogP contribution in [0.15, 0.2) is 50.8 Å². The van der Waals surface area contributed by atoms with Crippen LogP contribution in [0.4, 0.5) is 11.4 Å². The lowest BCUT2D eigenvalue weighted by Gasteiger charge is -2.45. The van der Waals surface area contributed by atoms with Gasteiger partial charge in [-0.05, 0) is 91.5 Å². The van der Waals surface area contributed by atoms with Crippen molar-refractivity contribution in [2.24, 2.45) is 4.99 Å². The van der Waals surface area contributed by atoms with Gasteiger partial charge in [-0.25, -0.2) is 4.99 Å². The molecule has 0 unspecified atom stereocenters. The Morgan fingerprint density at radius 1 is 1.30 bits per heavy atom. The van der Waals surface area contributed by atoms with E-state index in [4.69, 9.17) is 11.6 Å². The summed E-state index contributed by atoms with van der Waals surface area (Å²) in [7, 11) is 2.12. The molecule has 0 aliphatic carbocycles. The van der Waals surface area contributed by atoms with Crippen molar-refractivity contribution >= 4 is 67.8 Å². The summed E-state index contributed by atoms with van der Waals surface area (Å²) in [4.78, 5) is 19.9. The molecule has 1 amide bonds. The van der Waals surface area contributed by atoms with Gasteiger partial charge >= 0.3 is 0 Å². The van der Waals surface area contributed by atoms with Crippen LogP contribution < -0.4 is 10.2 Å². The van der Waals surface area contributed by atoms with E-state index in [-0.39, 0.29) is 11.4 Å². The van der Waals surface area contributed by atoms with Gasteiger partial charge in [0.15, 0.2) is 5.17 Å². The number of anilines is 1. The van der Waals surface area contributed by atoms with Crippen LogP contribution >= 0.6 is 39.3 Å². The van der Waals surface area contributed by atoms with Crippen molar-refractivity contribution in [1.82, 2.24) is 5.32 Å². The van der Waals surface area contributed by atoms with Gasteiger partial charge in [0.05, 0.1) is 10.6 Å². The summed E-state index contributed by atoms with van der Waals surface area (Å²) in [5, 5.41) is 4.05. The lowest BCUT2D eigenvalue weighted by atomic mass is 9.80. The van der Waals surface area contributed by atoms with Crippen LogP contribution in [0.2, 0.25) is 5.02 Å². The number of thioether (sulfide) groups is 1. The van der Waals surface area contributed by atoms with Gasteiger partial charge in [0.1, 0.15) is 0 Å². The zero-order chi connectivity index (χ0) is 21.6. The first-order chi connectivity index (χ1) is 14.1. The molecule has 1 atom stereocenters. The molecule has 0 saturated carbocycles. The highest BCUT2D eigenvalue weighted by molar-refractivity contribution is 9.10. The predicted molar refractivity (Wildman–Crippen MR) is 132 cm³/mol. The zero-order valence-corrected chi connectivity index (χ0v) is 20.5. The number of halogens is 2. The van der Waals surface area contributed by atoms with Gasteiger partial charge < -0.3 is 10.2 Å². The molecule has 156 valence electrons. The van der Waals surface area contributed by atoms with Crippen LogP contribution in [0, 0.1) is 0 Å². The molecular formula is C23H23BrClN3OS. The van der Waals surface area contributed by atoms with E-state index in [2.05, 4.69) is 65.0 Å². The van der Waals surface area contributed by atoms with E-state index in [0.717, 1.165) is 27.8 Å². The van der Waals surface area contributed by atoms with Crippen LogP contribution in [0.3, 0.4) is 0 Å². The molecule has 0 spiro atoms. The lowest BCUT2D eigenvalue weighted by molar-refractivity contribution is -0.115. The van der Waals surface area contributed by atoms with Crippen LogP contribution in [0.25, 0.3) is 6.08 Å². The van der Waals surface area contributed by atoms with Crippen molar-refractivity contribution in [3.63, 3.8) is 0 Å². The number of hydrogen-bond donors (Lipinski definition) is 1. The molecule has 2 aliphatic rings. The number of amidine groups is 1. The topological polar surface area (TPSA) is 44.7 Å². The highest BCUT2D eigenvalue weighted by atomic mass is 79.9. The second kappa shape index (κ2) is 8.06. The average molecular weight is 505 g/mol. The zero-order valence-electron chi connectivity index (χ0n) is 17.3. The Morgan fingerprint density at radius 3 is 2.70 bits per heavy atom. The largest absolute Gasteiger partial charge is 0.369 e. The molecule has 4 nitrogen and oxygen atoms in total. The van der Waals surface area contributed by atoms with Crippen molar-refractivity contribution in [2.75, 3.05) is 11.9 Å². The number of amides is 1. The fourth-order valence-electron chi connectivity index (χ4n) is 3.97. The monoisotopic (exact) mass is 503 g/mol. The molecular weight excluding hydrogens is 482 g/mol. The number of hydrogen-bond acceptors (Lipinski definition) is 4. The summed E-state index contributed by atoms with van der Waals surface area (Å²) in [6.07, 6.45) is 2.92. The number of aliphatic imine (C=N–C) groups is 1. The normalized spacial score (nSPS) is 23.1. The Kier molecular flexibility index (Phi) is 5.77. The summed E-state index contributed by atoms with van der Waals surface area (Å²) < 4.78 is 0.987. The van der Waals surface area contributed by atoms with Gasteiger partial charge in [0.25, 0.3) is 5.91 Å². The molecule has 2 aliphatic heterocycles. The standard InChI is InChI=1S/C23H23BrClN3OS/c1-13-12-23(2,3)28(4)19-11-18(25)14(9-17(13)19)10-20-21(29)27-22(30-20)26-16-7-5-15(24)6-8-16/h5-11,13H,12H2,1-4H3,(H,26,27,29)/b20-10-/t13-/m1/s1. The summed E-state index contributed by atoms with van der Waals surface area (Å²) in [5.41, 5.74) is 4.15. The van der Waals surface area contributed by atoms with Crippen molar-refractivity contribution < 1.29 is 4.79 Å². The minimum atomic E-state index is -0.157. The highest BCUT2D eigenvalue weighted by Gasteiger charge is 2.34. The van der Waals surface area contributed by atoms with E-state index in [1.54, 1.807) is 0 Å². The Morgan fingerprint density at radius 2 is 2.00 bits per heavy atom. The third-order valence-electron chi connectivity index (χ3n) is 5.75. The smallest absolute Gasteiger partial charge is 0.264 e. The third-order valence-corrected chi connectivity index (χ3v) is 7.51. The number of fused-ring (bicyclic) bond motifs is 1. The van der Waals surface area contributed by atoms with Gasteiger partial charge in [-0.1, -0.05) is 34.5 Å². The van der Waals surface area contributed by atoms with Crippen LogP contribution in [-0.2, 0) is 4.79 Å². The molecule has 1 fully saturated rings. The maximum Gasteiger partial charge on any atom is 0.264 e. The SMILES string of the molecule is C[C@@H]1CC(C)(C)N(C)c2cc(Cl)c(/C=C3\SC(=Nc4ccc(Br)cc4)NC3=O)cc21. The van der Waals surface area contributed by atoms with E-state index in [1.807, 2.05) is 36.4 Å². The first-order valence-electron chi connectivity index (χ1n) is 9.76. The second-order valence-electron chi connectivity index (χ2n) is 8.37. The lowest BCUT2D eigenvalue weighted by Crippen LogP contribution is -2.45. The van der Waals surface area contributed by atoms with Crippen molar-refractivity contribution in [1.29, 1.82) is 0 Å². The number of benzene rings is 2. The number of carbonyl (C=O) groups is 1. The van der Waals surface area contributed by atoms with Gasteiger partial charge in [0, 0.05) is 27.8 Å². The number of nitrogens with zero attached hydrogens (tertiary/aromatic N) is 2. The maximum atomic E-state index is 12.5. The molecule has 30 heavy (non-hydrogen) atoms. The van der Waals surface area contributed by atoms with Crippen molar-refractivity contribution in [3.8, 4) is 0 Å². The average Bonchev–Trinajstić information content (AvgIpc) is 3.01. The van der Waals surface area contributed by atoms with Gasteiger partial charge in [0.2, 0.25) is 0 Å². The summed E-state index contributed by atoms with van der Waals surface area (Å²) in [6, 6.07) is 11.8. The highest BCUT2D eigenvalue weighted by Crippen LogP contribution is 2.45. The summed E-state index contributed by atoms with van der Waals surface area (Å²) in [6.45, 7) is 6.75. The Labute approximate surface area is 194 Å². The van der Waals surface area contributed by atoms with Gasteiger partial charge in [-0.2, -0.15) is 0 Å². The minimum Gasteiger partial charge on any atom is -0.369 e. The number of rotatable bonds is 2. The minimum absolute atomic E-state index is 0.0787. The number of carbonyl (C=O) groups excluding carboxylic acids is 1. The first kappa shape index (κ1) is 21.5. The number of nitrogens with one attached hydrogen (secondary N) is 1. The van der Waals surface area contributed by atoms with Crippen LogP contribution in [0.5, 0.6) is 0 Å². The fourth-order valence-corrected chi connectivity index (χ4v) is 5.28. The first-order valence-corrected chi connectivity index (χ1v) is 11.8. The predicted octanol–water partition coefficient (Wildman–Crippen LogP) is 6.72.